The lowest BCUT2D eigenvalue weighted by atomic mass is 10.1. The highest BCUT2D eigenvalue weighted by Gasteiger charge is 1.93. The molecule has 1 aromatic carbocycles. The van der Waals surface area contributed by atoms with Crippen LogP contribution in [0.1, 0.15) is 52.0 Å². The number of phenolic OH excluding ortho intramolecular Hbond substituents is 1. The van der Waals surface area contributed by atoms with E-state index in [1.165, 1.54) is 31.2 Å². The average molecular weight is 208 g/mol. The third-order valence-electron chi connectivity index (χ3n) is 2.26. The fourth-order valence-electron chi connectivity index (χ4n) is 1.42. The summed E-state index contributed by atoms with van der Waals surface area (Å²) in [4.78, 5) is 0. The van der Waals surface area contributed by atoms with Crippen molar-refractivity contribution in [3.05, 3.63) is 29.8 Å². The van der Waals surface area contributed by atoms with Crippen LogP contribution in [0, 0.1) is 0 Å². The summed E-state index contributed by atoms with van der Waals surface area (Å²) in [5.41, 5.74) is 1.33. The maximum Gasteiger partial charge on any atom is 0.115 e. The lowest BCUT2D eigenvalue weighted by Gasteiger charge is -2.00. The number of unbranched alkanes of at least 4 members (excludes halogenated alkanes) is 3. The molecule has 1 aromatic rings. The van der Waals surface area contributed by atoms with Crippen molar-refractivity contribution >= 4 is 0 Å². The van der Waals surface area contributed by atoms with E-state index in [1.54, 1.807) is 12.1 Å². The van der Waals surface area contributed by atoms with Gasteiger partial charge < -0.3 is 5.11 Å². The average Bonchev–Trinajstić information content (AvgIpc) is 2.30. The van der Waals surface area contributed by atoms with Gasteiger partial charge in [0.05, 0.1) is 0 Å². The van der Waals surface area contributed by atoms with Crippen LogP contribution in [0.5, 0.6) is 5.75 Å². The number of aryl methyl sites for hydroxylation is 1. The highest BCUT2D eigenvalue weighted by atomic mass is 16.3. The molecule has 1 heteroatoms. The molecule has 0 aromatic heterocycles. The van der Waals surface area contributed by atoms with Gasteiger partial charge >= 0.3 is 0 Å². The fourth-order valence-corrected chi connectivity index (χ4v) is 1.42. The Kier molecular flexibility index (Phi) is 8.95. The monoisotopic (exact) mass is 208 g/mol. The SMILES string of the molecule is CC.CCCCCCc1ccc(O)cc1. The zero-order chi connectivity index (χ0) is 11.5. The molecule has 0 saturated heterocycles. The molecule has 86 valence electrons. The van der Waals surface area contributed by atoms with E-state index in [0.717, 1.165) is 6.42 Å². The quantitative estimate of drug-likeness (QED) is 0.704. The first-order chi connectivity index (χ1) is 7.33. The zero-order valence-electron chi connectivity index (χ0n) is 10.3. The minimum absolute atomic E-state index is 0.359. The summed E-state index contributed by atoms with van der Waals surface area (Å²) in [5.74, 6) is 0.359. The number of benzene rings is 1. The van der Waals surface area contributed by atoms with Crippen LogP contribution >= 0.6 is 0 Å². The highest BCUT2D eigenvalue weighted by Crippen LogP contribution is 2.12. The van der Waals surface area contributed by atoms with Crippen molar-refractivity contribution in [2.24, 2.45) is 0 Å². The van der Waals surface area contributed by atoms with Gasteiger partial charge in [0.25, 0.3) is 0 Å². The molecule has 0 aliphatic rings. The Bertz CT molecular complexity index is 226. The van der Waals surface area contributed by atoms with Crippen LogP contribution in [0.3, 0.4) is 0 Å². The molecule has 0 bridgehead atoms. The topological polar surface area (TPSA) is 20.2 Å². The Morgan fingerprint density at radius 2 is 1.53 bits per heavy atom. The largest absolute Gasteiger partial charge is 0.508 e. The predicted octanol–water partition coefficient (Wildman–Crippen LogP) is 4.54. The molecule has 0 aliphatic carbocycles. The minimum Gasteiger partial charge on any atom is -0.508 e. The van der Waals surface area contributed by atoms with Crippen molar-refractivity contribution < 1.29 is 5.11 Å². The Balaban J connectivity index is 0.000000921. The third-order valence-corrected chi connectivity index (χ3v) is 2.26. The van der Waals surface area contributed by atoms with E-state index in [0.29, 0.717) is 5.75 Å². The van der Waals surface area contributed by atoms with E-state index < -0.39 is 0 Å². The molecule has 0 fully saturated rings. The molecule has 0 amide bonds. The molecule has 0 aliphatic heterocycles. The van der Waals surface area contributed by atoms with Crippen LogP contribution in [-0.2, 0) is 6.42 Å². The van der Waals surface area contributed by atoms with Crippen LogP contribution in [0.2, 0.25) is 0 Å². The maximum absolute atomic E-state index is 9.07. The Morgan fingerprint density at radius 3 is 2.07 bits per heavy atom. The standard InChI is InChI=1S/C12H18O.C2H6/c1-2-3-4-5-6-11-7-9-12(13)10-8-11;1-2/h7-10,13H,2-6H2,1H3;1-2H3. The van der Waals surface area contributed by atoms with Crippen molar-refractivity contribution in [2.75, 3.05) is 0 Å². The first kappa shape index (κ1) is 14.0. The van der Waals surface area contributed by atoms with Crippen molar-refractivity contribution in [1.29, 1.82) is 0 Å². The number of hydrogen-bond acceptors (Lipinski definition) is 1. The second-order valence-electron chi connectivity index (χ2n) is 3.48. The number of aromatic hydroxyl groups is 1. The van der Waals surface area contributed by atoms with Gasteiger partial charge in [-0.1, -0.05) is 52.2 Å². The van der Waals surface area contributed by atoms with Crippen molar-refractivity contribution in [3.63, 3.8) is 0 Å². The van der Waals surface area contributed by atoms with Gasteiger partial charge in [0, 0.05) is 0 Å². The van der Waals surface area contributed by atoms with Crippen LogP contribution in [0.25, 0.3) is 0 Å². The molecule has 1 N–H and O–H groups in total. The van der Waals surface area contributed by atoms with Crippen LogP contribution in [0.15, 0.2) is 24.3 Å². The molecular formula is C14H24O. The molecule has 0 saturated carbocycles. The van der Waals surface area contributed by atoms with Gasteiger partial charge in [-0.3, -0.25) is 0 Å². The molecule has 0 atom stereocenters. The van der Waals surface area contributed by atoms with Gasteiger partial charge in [0.15, 0.2) is 0 Å². The fraction of sp³-hybridized carbons (Fsp3) is 0.571. The molecule has 15 heavy (non-hydrogen) atoms. The molecule has 0 radical (unpaired) electrons. The van der Waals surface area contributed by atoms with Crippen molar-refractivity contribution in [1.82, 2.24) is 0 Å². The smallest absolute Gasteiger partial charge is 0.115 e. The molecule has 0 heterocycles. The number of rotatable bonds is 5. The Morgan fingerprint density at radius 1 is 0.933 bits per heavy atom. The Hall–Kier alpha value is -0.980. The van der Waals surface area contributed by atoms with Crippen LogP contribution in [0.4, 0.5) is 0 Å². The molecule has 1 rings (SSSR count). The molecule has 1 nitrogen and oxygen atoms in total. The van der Waals surface area contributed by atoms with Gasteiger partial charge in [-0.15, -0.1) is 0 Å². The molecule has 0 unspecified atom stereocenters. The lowest BCUT2D eigenvalue weighted by Crippen LogP contribution is -1.84. The summed E-state index contributed by atoms with van der Waals surface area (Å²) in [7, 11) is 0. The van der Waals surface area contributed by atoms with Gasteiger partial charge in [-0.05, 0) is 30.5 Å². The van der Waals surface area contributed by atoms with E-state index in [-0.39, 0.29) is 0 Å². The maximum atomic E-state index is 9.07. The van der Waals surface area contributed by atoms with Crippen LogP contribution < -0.4 is 0 Å². The summed E-state index contributed by atoms with van der Waals surface area (Å²) in [5, 5.41) is 9.07. The first-order valence-electron chi connectivity index (χ1n) is 6.11. The number of hydrogen-bond donors (Lipinski definition) is 1. The highest BCUT2D eigenvalue weighted by molar-refractivity contribution is 5.25. The summed E-state index contributed by atoms with van der Waals surface area (Å²) in [6, 6.07) is 7.52. The molecular weight excluding hydrogens is 184 g/mol. The van der Waals surface area contributed by atoms with Gasteiger partial charge in [-0.25, -0.2) is 0 Å². The van der Waals surface area contributed by atoms with E-state index >= 15 is 0 Å². The normalized spacial score (nSPS) is 9.27. The third kappa shape index (κ3) is 7.01. The predicted molar refractivity (Wildman–Crippen MR) is 67.3 cm³/mol. The second-order valence-corrected chi connectivity index (χ2v) is 3.48. The van der Waals surface area contributed by atoms with Gasteiger partial charge in [0.1, 0.15) is 5.75 Å². The van der Waals surface area contributed by atoms with E-state index in [1.807, 2.05) is 26.0 Å². The zero-order valence-corrected chi connectivity index (χ0v) is 10.3. The van der Waals surface area contributed by atoms with Crippen molar-refractivity contribution in [3.8, 4) is 5.75 Å². The summed E-state index contributed by atoms with van der Waals surface area (Å²) in [6.45, 7) is 6.22. The van der Waals surface area contributed by atoms with Crippen LogP contribution in [-0.4, -0.2) is 5.11 Å². The first-order valence-corrected chi connectivity index (χ1v) is 6.11. The van der Waals surface area contributed by atoms with Crippen molar-refractivity contribution in [2.45, 2.75) is 52.9 Å². The van der Waals surface area contributed by atoms with E-state index in [4.69, 9.17) is 5.11 Å². The minimum atomic E-state index is 0.359. The Labute approximate surface area is 94.2 Å². The summed E-state index contributed by atoms with van der Waals surface area (Å²) >= 11 is 0. The summed E-state index contributed by atoms with van der Waals surface area (Å²) in [6.07, 6.45) is 6.34. The summed E-state index contributed by atoms with van der Waals surface area (Å²) < 4.78 is 0. The molecule has 0 spiro atoms. The lowest BCUT2D eigenvalue weighted by molar-refractivity contribution is 0.475. The second kappa shape index (κ2) is 9.57. The van der Waals surface area contributed by atoms with E-state index in [9.17, 15) is 0 Å². The van der Waals surface area contributed by atoms with E-state index in [2.05, 4.69) is 6.92 Å². The van der Waals surface area contributed by atoms with Gasteiger partial charge in [-0.2, -0.15) is 0 Å². The van der Waals surface area contributed by atoms with Gasteiger partial charge in [0.2, 0.25) is 0 Å². The number of phenols is 1.